The number of rotatable bonds is 3. The van der Waals surface area contributed by atoms with Crippen molar-refractivity contribution in [2.24, 2.45) is 0 Å². The Morgan fingerprint density at radius 3 is 2.77 bits per heavy atom. The van der Waals surface area contributed by atoms with Gasteiger partial charge in [-0.3, -0.25) is 4.90 Å². The van der Waals surface area contributed by atoms with Gasteiger partial charge in [0.1, 0.15) is 5.75 Å². The summed E-state index contributed by atoms with van der Waals surface area (Å²) in [6.45, 7) is 4.43. The van der Waals surface area contributed by atoms with Crippen LogP contribution in [0.1, 0.15) is 31.2 Å². The topological polar surface area (TPSA) is 49.9 Å². The van der Waals surface area contributed by atoms with Crippen LogP contribution in [0.4, 0.5) is 0 Å². The third-order valence-corrected chi connectivity index (χ3v) is 9.70. The Hall–Kier alpha value is -0.760. The summed E-state index contributed by atoms with van der Waals surface area (Å²) in [5.41, 5.74) is 1.02. The van der Waals surface area contributed by atoms with Gasteiger partial charge in [-0.25, -0.2) is 8.42 Å². The van der Waals surface area contributed by atoms with Crippen LogP contribution in [0.2, 0.25) is 0 Å². The highest BCUT2D eigenvalue weighted by Crippen LogP contribution is 2.48. The molecule has 0 aliphatic carbocycles. The van der Waals surface area contributed by atoms with Gasteiger partial charge in [-0.05, 0) is 56.1 Å². The molecule has 1 unspecified atom stereocenters. The first-order chi connectivity index (χ1) is 12.6. The summed E-state index contributed by atoms with van der Waals surface area (Å²) in [6, 6.07) is 5.95. The molecule has 1 atom stereocenters. The van der Waals surface area contributed by atoms with Crippen molar-refractivity contribution in [1.82, 2.24) is 9.21 Å². The SMILES string of the molecule is O=S(=O)(c1ccc2c(c1)CCO2)N1CC2(CC(N3CCCCC3)CS2)C1. The smallest absolute Gasteiger partial charge is 0.243 e. The maximum Gasteiger partial charge on any atom is 0.243 e. The predicted octanol–water partition coefficient (Wildman–Crippen LogP) is 2.36. The summed E-state index contributed by atoms with van der Waals surface area (Å²) in [6.07, 6.45) is 5.94. The van der Waals surface area contributed by atoms with Gasteiger partial charge in [0.25, 0.3) is 0 Å². The molecule has 3 saturated heterocycles. The van der Waals surface area contributed by atoms with Crippen LogP contribution in [-0.2, 0) is 16.4 Å². The van der Waals surface area contributed by atoms with Gasteiger partial charge in [0.2, 0.25) is 10.0 Å². The number of likely N-dealkylation sites (tertiary alicyclic amines) is 1. The van der Waals surface area contributed by atoms with Gasteiger partial charge in [-0.2, -0.15) is 16.1 Å². The fourth-order valence-electron chi connectivity index (χ4n) is 4.80. The lowest BCUT2D eigenvalue weighted by atomic mass is 9.93. The predicted molar refractivity (Wildman–Crippen MR) is 103 cm³/mol. The molecule has 4 aliphatic rings. The van der Waals surface area contributed by atoms with Crippen molar-refractivity contribution in [2.45, 2.75) is 47.8 Å². The summed E-state index contributed by atoms with van der Waals surface area (Å²) in [5, 5.41) is 0. The maximum atomic E-state index is 13.0. The molecule has 1 spiro atoms. The van der Waals surface area contributed by atoms with Crippen LogP contribution in [0, 0.1) is 0 Å². The second-order valence-corrected chi connectivity index (χ2v) is 11.5. The number of ether oxygens (including phenoxy) is 1. The highest BCUT2D eigenvalue weighted by Gasteiger charge is 2.53. The number of sulfonamides is 1. The monoisotopic (exact) mass is 394 g/mol. The van der Waals surface area contributed by atoms with Gasteiger partial charge >= 0.3 is 0 Å². The van der Waals surface area contributed by atoms with Gasteiger partial charge in [0.05, 0.1) is 11.5 Å². The molecule has 5 rings (SSSR count). The maximum absolute atomic E-state index is 13.0. The largest absolute Gasteiger partial charge is 0.493 e. The zero-order valence-corrected chi connectivity index (χ0v) is 16.7. The minimum atomic E-state index is -3.38. The van der Waals surface area contributed by atoms with E-state index in [2.05, 4.69) is 4.90 Å². The third-order valence-electron chi connectivity index (χ3n) is 6.32. The lowest BCUT2D eigenvalue weighted by Crippen LogP contribution is -2.61. The van der Waals surface area contributed by atoms with Crippen molar-refractivity contribution in [3.63, 3.8) is 0 Å². The normalized spacial score (nSPS) is 28.7. The average Bonchev–Trinajstić information content (AvgIpc) is 3.27. The van der Waals surface area contributed by atoms with Gasteiger partial charge in [-0.1, -0.05) is 6.42 Å². The molecule has 0 bridgehead atoms. The fourth-order valence-corrected chi connectivity index (χ4v) is 8.30. The molecule has 3 fully saturated rings. The van der Waals surface area contributed by atoms with Crippen molar-refractivity contribution in [1.29, 1.82) is 0 Å². The van der Waals surface area contributed by atoms with Gasteiger partial charge < -0.3 is 4.74 Å². The van der Waals surface area contributed by atoms with Crippen molar-refractivity contribution < 1.29 is 13.2 Å². The third kappa shape index (κ3) is 2.87. The van der Waals surface area contributed by atoms with E-state index in [0.29, 0.717) is 30.6 Å². The standard InChI is InChI=1S/C19H26N2O3S2/c22-26(23,17-4-5-18-15(10-17)6-9-24-18)21-13-19(14-21)11-16(12-25-19)20-7-2-1-3-8-20/h4-5,10,16H,1-3,6-9,11-14H2. The van der Waals surface area contributed by atoms with Crippen LogP contribution < -0.4 is 4.74 Å². The number of hydrogen-bond donors (Lipinski definition) is 0. The lowest BCUT2D eigenvalue weighted by molar-refractivity contribution is 0.140. The van der Waals surface area contributed by atoms with Crippen molar-refractivity contribution in [2.75, 3.05) is 38.5 Å². The second-order valence-electron chi connectivity index (χ2n) is 8.09. The summed E-state index contributed by atoms with van der Waals surface area (Å²) in [7, 11) is -3.38. The molecule has 0 radical (unpaired) electrons. The van der Waals surface area contributed by atoms with E-state index in [4.69, 9.17) is 4.74 Å². The van der Waals surface area contributed by atoms with E-state index >= 15 is 0 Å². The number of thioether (sulfide) groups is 1. The number of benzene rings is 1. The molecule has 0 N–H and O–H groups in total. The zero-order chi connectivity index (χ0) is 17.8. The Kier molecular flexibility index (Phi) is 4.27. The molecular weight excluding hydrogens is 368 g/mol. The van der Waals surface area contributed by atoms with Crippen LogP contribution in [0.5, 0.6) is 5.75 Å². The lowest BCUT2D eigenvalue weighted by Gasteiger charge is -2.46. The number of fused-ring (bicyclic) bond motifs is 1. The van der Waals surface area contributed by atoms with E-state index in [-0.39, 0.29) is 4.75 Å². The Morgan fingerprint density at radius 1 is 1.15 bits per heavy atom. The van der Waals surface area contributed by atoms with Crippen LogP contribution in [0.15, 0.2) is 23.1 Å². The van der Waals surface area contributed by atoms with E-state index < -0.39 is 10.0 Å². The molecule has 142 valence electrons. The van der Waals surface area contributed by atoms with Crippen molar-refractivity contribution in [3.05, 3.63) is 23.8 Å². The first kappa shape index (κ1) is 17.3. The fraction of sp³-hybridized carbons (Fsp3) is 0.684. The summed E-state index contributed by atoms with van der Waals surface area (Å²) >= 11 is 2.00. The van der Waals surface area contributed by atoms with Crippen molar-refractivity contribution >= 4 is 21.8 Å². The van der Waals surface area contributed by atoms with Crippen molar-refractivity contribution in [3.8, 4) is 5.75 Å². The molecule has 4 heterocycles. The Labute approximate surface area is 160 Å². The molecule has 4 aliphatic heterocycles. The summed E-state index contributed by atoms with van der Waals surface area (Å²) in [4.78, 5) is 3.07. The van der Waals surface area contributed by atoms with E-state index in [0.717, 1.165) is 29.9 Å². The second kappa shape index (κ2) is 6.40. The first-order valence-electron chi connectivity index (χ1n) is 9.70. The minimum absolute atomic E-state index is 0.148. The highest BCUT2D eigenvalue weighted by molar-refractivity contribution is 8.01. The van der Waals surface area contributed by atoms with E-state index in [1.165, 1.54) is 32.4 Å². The van der Waals surface area contributed by atoms with Gasteiger partial charge in [0, 0.05) is 36.1 Å². The Bertz CT molecular complexity index is 799. The molecule has 7 heteroatoms. The number of hydrogen-bond acceptors (Lipinski definition) is 5. The van der Waals surface area contributed by atoms with Gasteiger partial charge in [0.15, 0.2) is 0 Å². The van der Waals surface area contributed by atoms with Crippen LogP contribution in [-0.4, -0.2) is 67.0 Å². The summed E-state index contributed by atoms with van der Waals surface area (Å²) in [5.74, 6) is 1.99. The zero-order valence-electron chi connectivity index (χ0n) is 15.0. The van der Waals surface area contributed by atoms with Gasteiger partial charge in [-0.15, -0.1) is 0 Å². The van der Waals surface area contributed by atoms with E-state index in [1.54, 1.807) is 16.4 Å². The van der Waals surface area contributed by atoms with Crippen LogP contribution in [0.3, 0.4) is 0 Å². The number of piperidine rings is 1. The van der Waals surface area contributed by atoms with E-state index in [1.807, 2.05) is 17.8 Å². The molecule has 0 saturated carbocycles. The quantitative estimate of drug-likeness (QED) is 0.788. The molecule has 0 amide bonds. The molecular formula is C19H26N2O3S2. The van der Waals surface area contributed by atoms with Crippen LogP contribution in [0.25, 0.3) is 0 Å². The van der Waals surface area contributed by atoms with Crippen LogP contribution >= 0.6 is 11.8 Å². The molecule has 1 aromatic rings. The highest BCUT2D eigenvalue weighted by atomic mass is 32.2. The average molecular weight is 395 g/mol. The molecule has 0 aromatic heterocycles. The first-order valence-corrected chi connectivity index (χ1v) is 12.1. The number of nitrogens with zero attached hydrogens (tertiary/aromatic N) is 2. The summed E-state index contributed by atoms with van der Waals surface area (Å²) < 4.78 is 33.3. The molecule has 5 nitrogen and oxygen atoms in total. The van der Waals surface area contributed by atoms with E-state index in [9.17, 15) is 8.42 Å². The Balaban J connectivity index is 1.26. The molecule has 26 heavy (non-hydrogen) atoms. The minimum Gasteiger partial charge on any atom is -0.493 e. The molecule has 1 aromatic carbocycles. The Morgan fingerprint density at radius 2 is 1.96 bits per heavy atom.